The molecule has 0 spiro atoms. The number of allylic oxidation sites excluding steroid dienone is 1. The van der Waals surface area contributed by atoms with Gasteiger partial charge in [0.25, 0.3) is 11.8 Å². The lowest BCUT2D eigenvalue weighted by molar-refractivity contribution is -0.125. The lowest BCUT2D eigenvalue weighted by Gasteiger charge is -2.34. The van der Waals surface area contributed by atoms with E-state index < -0.39 is 11.9 Å². The van der Waals surface area contributed by atoms with Crippen LogP contribution in [0, 0.1) is 11.8 Å². The number of imide groups is 1. The Labute approximate surface area is 316 Å². The number of piperidine rings is 1. The summed E-state index contributed by atoms with van der Waals surface area (Å²) in [5.41, 5.74) is 7.48. The fourth-order valence-electron chi connectivity index (χ4n) is 9.75. The number of phenolic OH excluding ortho intramolecular Hbond substituents is 1. The number of rotatable bonds is 9. The molecule has 4 aromatic carbocycles. The van der Waals surface area contributed by atoms with Crippen LogP contribution in [-0.4, -0.2) is 78.0 Å². The Morgan fingerprint density at radius 2 is 1.54 bits per heavy atom. The number of aromatic hydroxyl groups is 1. The highest BCUT2D eigenvalue weighted by atomic mass is 16.5. The molecule has 1 unspecified atom stereocenters. The number of ether oxygens (including phenoxy) is 1. The van der Waals surface area contributed by atoms with Crippen molar-refractivity contribution < 1.29 is 24.2 Å². The van der Waals surface area contributed by atoms with E-state index in [0.717, 1.165) is 68.3 Å². The van der Waals surface area contributed by atoms with Crippen molar-refractivity contribution >= 4 is 23.4 Å². The molecule has 3 amide bonds. The number of aryl methyl sites for hydroxylation is 1. The molecule has 0 bridgehead atoms. The molecule has 4 aliphatic heterocycles. The first kappa shape index (κ1) is 34.4. The largest absolute Gasteiger partial charge is 0.508 e. The van der Waals surface area contributed by atoms with Gasteiger partial charge in [-0.15, -0.1) is 0 Å². The zero-order valence-electron chi connectivity index (χ0n) is 30.5. The highest BCUT2D eigenvalue weighted by Crippen LogP contribution is 2.47. The third-order valence-electron chi connectivity index (χ3n) is 12.4. The van der Waals surface area contributed by atoms with E-state index in [-0.39, 0.29) is 17.7 Å². The van der Waals surface area contributed by atoms with E-state index in [2.05, 4.69) is 82.4 Å². The first-order valence-corrected chi connectivity index (χ1v) is 19.4. The number of fused-ring (bicyclic) bond motifs is 3. The molecule has 3 saturated heterocycles. The highest BCUT2D eigenvalue weighted by molar-refractivity contribution is 6.23. The lowest BCUT2D eigenvalue weighted by Crippen LogP contribution is -2.51. The summed E-state index contributed by atoms with van der Waals surface area (Å²) < 4.78 is 6.23. The third kappa shape index (κ3) is 6.34. The van der Waals surface area contributed by atoms with Crippen molar-refractivity contribution in [3.05, 3.63) is 137 Å². The number of hydrogen-bond donors (Lipinski definition) is 2. The van der Waals surface area contributed by atoms with Gasteiger partial charge in [-0.05, 0) is 115 Å². The van der Waals surface area contributed by atoms with Crippen LogP contribution in [0.2, 0.25) is 0 Å². The Morgan fingerprint density at radius 3 is 2.30 bits per heavy atom. The average Bonchev–Trinajstić information content (AvgIpc) is 3.83. The van der Waals surface area contributed by atoms with Crippen molar-refractivity contribution in [3.8, 4) is 11.5 Å². The summed E-state index contributed by atoms with van der Waals surface area (Å²) in [7, 11) is 0. The first-order valence-electron chi connectivity index (χ1n) is 19.4. The summed E-state index contributed by atoms with van der Waals surface area (Å²) >= 11 is 0. The maximum Gasteiger partial charge on any atom is 0.262 e. The van der Waals surface area contributed by atoms with Gasteiger partial charge in [-0.3, -0.25) is 19.3 Å². The summed E-state index contributed by atoms with van der Waals surface area (Å²) in [6.45, 7) is 9.37. The Morgan fingerprint density at radius 1 is 0.778 bits per heavy atom. The van der Waals surface area contributed by atoms with Crippen molar-refractivity contribution in [2.75, 3.05) is 44.2 Å². The molecular formula is C45H46N4O5. The van der Waals surface area contributed by atoms with Crippen molar-refractivity contribution in [1.29, 1.82) is 0 Å². The smallest absolute Gasteiger partial charge is 0.262 e. The van der Waals surface area contributed by atoms with Gasteiger partial charge in [0.05, 0.1) is 17.7 Å². The summed E-state index contributed by atoms with van der Waals surface area (Å²) in [5, 5.41) is 12.9. The fraction of sp³-hybridized carbons (Fsp3) is 0.356. The Kier molecular flexibility index (Phi) is 8.97. The number of hydrogen-bond acceptors (Lipinski definition) is 7. The van der Waals surface area contributed by atoms with Crippen LogP contribution in [0.3, 0.4) is 0 Å². The fourth-order valence-corrected chi connectivity index (χ4v) is 9.75. The number of carbonyl (C=O) groups excluding carboxylic acids is 3. The number of carbonyl (C=O) groups is 3. The van der Waals surface area contributed by atoms with Gasteiger partial charge in [-0.1, -0.05) is 55.1 Å². The molecular weight excluding hydrogens is 677 g/mol. The van der Waals surface area contributed by atoms with Gasteiger partial charge >= 0.3 is 0 Å². The molecule has 5 aliphatic rings. The molecule has 9 heteroatoms. The maximum atomic E-state index is 13.4. The van der Waals surface area contributed by atoms with E-state index in [1.807, 2.05) is 24.3 Å². The Bertz CT molecular complexity index is 2100. The quantitative estimate of drug-likeness (QED) is 0.151. The standard InChI is InChI=1S/C45H46N4O5/c1-28-8-19-41(43(51)46-28)49-44(52)39-17-12-34(23-40(39)45(49)53)48-26-32-24-47(25-33(32)27-48)20-5-21-54-36-14-9-30(10-15-36)42-37(29-6-3-2-4-7-29)16-11-31-22-35(50)13-18-38(31)42/h2-4,6-7,9-10,12-15,17-18,22-23,32-33,37,41-42,50H,1,5,8,11,16,19-21,24-27H2,(H,46,51)/t32-,33+,37-,41?,42+/m0/s1. The Balaban J connectivity index is 0.770. The van der Waals surface area contributed by atoms with Crippen LogP contribution >= 0.6 is 0 Å². The van der Waals surface area contributed by atoms with Crippen LogP contribution in [0.1, 0.15) is 80.5 Å². The predicted molar refractivity (Wildman–Crippen MR) is 207 cm³/mol. The van der Waals surface area contributed by atoms with Crippen LogP contribution in [0.15, 0.2) is 103 Å². The summed E-state index contributed by atoms with van der Waals surface area (Å²) in [6, 6.07) is 30.0. The summed E-state index contributed by atoms with van der Waals surface area (Å²) in [6.07, 6.45) is 3.89. The molecule has 0 radical (unpaired) electrons. The molecule has 5 atom stereocenters. The minimum Gasteiger partial charge on any atom is -0.508 e. The van der Waals surface area contributed by atoms with Crippen LogP contribution in [0.25, 0.3) is 0 Å². The molecule has 2 N–H and O–H groups in total. The third-order valence-corrected chi connectivity index (χ3v) is 12.4. The van der Waals surface area contributed by atoms with Crippen LogP contribution in [-0.2, 0) is 11.2 Å². The molecule has 1 aliphatic carbocycles. The molecule has 276 valence electrons. The van der Waals surface area contributed by atoms with Crippen LogP contribution in [0.4, 0.5) is 5.69 Å². The minimum atomic E-state index is -0.801. The van der Waals surface area contributed by atoms with Gasteiger partial charge in [0.15, 0.2) is 0 Å². The number of benzene rings is 4. The topological polar surface area (TPSA) is 102 Å². The van der Waals surface area contributed by atoms with E-state index in [9.17, 15) is 19.5 Å². The van der Waals surface area contributed by atoms with Gasteiger partial charge in [0.2, 0.25) is 5.91 Å². The van der Waals surface area contributed by atoms with Crippen LogP contribution < -0.4 is 15.0 Å². The molecule has 0 aromatic heterocycles. The second-order valence-electron chi connectivity index (χ2n) is 15.7. The second kappa shape index (κ2) is 14.1. The van der Waals surface area contributed by atoms with Crippen LogP contribution in [0.5, 0.6) is 11.5 Å². The van der Waals surface area contributed by atoms with E-state index in [4.69, 9.17) is 4.74 Å². The number of likely N-dealkylation sites (tertiary alicyclic amines) is 1. The van der Waals surface area contributed by atoms with Gasteiger partial charge < -0.3 is 25.0 Å². The predicted octanol–water partition coefficient (Wildman–Crippen LogP) is 6.48. The number of nitrogens with one attached hydrogen (secondary N) is 1. The number of amides is 3. The van der Waals surface area contributed by atoms with E-state index in [0.29, 0.717) is 59.8 Å². The van der Waals surface area contributed by atoms with Gasteiger partial charge in [-0.25, -0.2) is 0 Å². The summed E-state index contributed by atoms with van der Waals surface area (Å²) in [5.74, 6) is 1.77. The molecule has 4 aromatic rings. The SMILES string of the molecule is C=C1CCC(N2C(=O)c3ccc(N4C[C@H]5CN(CCCOc6ccc([C@H]7c8ccc(O)cc8CC[C@H]7c7ccccc7)cc6)C[C@H]5C4)cc3C2=O)C(=O)N1. The molecule has 0 saturated carbocycles. The zero-order valence-corrected chi connectivity index (χ0v) is 30.5. The first-order chi connectivity index (χ1) is 26.3. The molecule has 9 rings (SSSR count). The normalized spacial score (nSPS) is 25.1. The van der Waals surface area contributed by atoms with E-state index >= 15 is 0 Å². The molecule has 4 heterocycles. The van der Waals surface area contributed by atoms with Gasteiger partial charge in [0, 0.05) is 50.0 Å². The van der Waals surface area contributed by atoms with Crippen molar-refractivity contribution in [2.24, 2.45) is 11.8 Å². The van der Waals surface area contributed by atoms with E-state index in [1.54, 1.807) is 6.07 Å². The average molecular weight is 723 g/mol. The minimum absolute atomic E-state index is 0.216. The van der Waals surface area contributed by atoms with Crippen molar-refractivity contribution in [3.63, 3.8) is 0 Å². The van der Waals surface area contributed by atoms with Crippen molar-refractivity contribution in [2.45, 2.75) is 50.0 Å². The maximum absolute atomic E-state index is 13.4. The number of anilines is 1. The van der Waals surface area contributed by atoms with Crippen molar-refractivity contribution in [1.82, 2.24) is 15.1 Å². The van der Waals surface area contributed by atoms with Gasteiger partial charge in [-0.2, -0.15) is 0 Å². The molecule has 3 fully saturated rings. The Hall–Kier alpha value is -5.41. The number of phenols is 1. The molecule has 9 nitrogen and oxygen atoms in total. The lowest BCUT2D eigenvalue weighted by atomic mass is 9.69. The summed E-state index contributed by atoms with van der Waals surface area (Å²) in [4.78, 5) is 45.2. The second-order valence-corrected chi connectivity index (χ2v) is 15.7. The van der Waals surface area contributed by atoms with Gasteiger partial charge in [0.1, 0.15) is 17.5 Å². The monoisotopic (exact) mass is 722 g/mol. The van der Waals surface area contributed by atoms with E-state index in [1.165, 1.54) is 22.3 Å². The highest BCUT2D eigenvalue weighted by Gasteiger charge is 2.45. The number of nitrogens with zero attached hydrogens (tertiary/aromatic N) is 3. The molecule has 54 heavy (non-hydrogen) atoms. The zero-order chi connectivity index (χ0) is 36.9.